The minimum atomic E-state index is -1.44. The van der Waals surface area contributed by atoms with E-state index >= 15 is 0 Å². The number of benzene rings is 1. The number of amides is 1. The summed E-state index contributed by atoms with van der Waals surface area (Å²) < 4.78 is 29.8. The molecule has 40 heavy (non-hydrogen) atoms. The Morgan fingerprint density at radius 1 is 1.05 bits per heavy atom. The predicted octanol–water partition coefficient (Wildman–Crippen LogP) is 4.20. The van der Waals surface area contributed by atoms with Gasteiger partial charge in [-0.3, -0.25) is 18.9 Å². The number of hydrogen-bond donors (Lipinski definition) is 1. The molecule has 0 aliphatic carbocycles. The van der Waals surface area contributed by atoms with Gasteiger partial charge in [-0.2, -0.15) is 0 Å². The molecule has 0 aliphatic rings. The van der Waals surface area contributed by atoms with E-state index in [1.807, 2.05) is 0 Å². The summed E-state index contributed by atoms with van der Waals surface area (Å²) in [5, 5.41) is 3.36. The van der Waals surface area contributed by atoms with Crippen LogP contribution in [0.2, 0.25) is 0 Å². The summed E-state index contributed by atoms with van der Waals surface area (Å²) in [6.45, 7) is 5.57. The maximum absolute atomic E-state index is 13.9. The number of hydrogen-bond acceptors (Lipinski definition) is 9. The Morgan fingerprint density at radius 3 is 2.38 bits per heavy atom. The van der Waals surface area contributed by atoms with Crippen molar-refractivity contribution in [3.05, 3.63) is 64.7 Å². The van der Waals surface area contributed by atoms with Crippen LogP contribution in [0.15, 0.2) is 58.7 Å². The largest absolute Gasteiger partial charge is 0.497 e. The molecule has 3 aromatic heterocycles. The number of ether oxygens (including phenoxy) is 3. The van der Waals surface area contributed by atoms with Crippen molar-refractivity contribution in [2.24, 2.45) is 0 Å². The number of aromatic nitrogens is 4. The van der Waals surface area contributed by atoms with Gasteiger partial charge >= 0.3 is 6.09 Å². The molecule has 3 heterocycles. The van der Waals surface area contributed by atoms with E-state index in [9.17, 15) is 13.8 Å². The summed E-state index contributed by atoms with van der Waals surface area (Å²) in [5.41, 5.74) is 1.25. The van der Waals surface area contributed by atoms with Gasteiger partial charge in [-0.05, 0) is 68.7 Å². The first-order valence-electron chi connectivity index (χ1n) is 12.4. The number of carbonyl (C=O) groups excluding carboxylic acids is 1. The van der Waals surface area contributed by atoms with E-state index in [2.05, 4.69) is 20.3 Å². The van der Waals surface area contributed by atoms with Crippen molar-refractivity contribution in [2.45, 2.75) is 44.5 Å². The van der Waals surface area contributed by atoms with E-state index in [0.29, 0.717) is 45.9 Å². The van der Waals surface area contributed by atoms with Crippen molar-refractivity contribution in [1.29, 1.82) is 0 Å². The number of nitrogens with zero attached hydrogens (tertiary/aromatic N) is 4. The fourth-order valence-corrected chi connectivity index (χ4v) is 4.42. The van der Waals surface area contributed by atoms with Crippen LogP contribution in [-0.2, 0) is 28.5 Å². The minimum Gasteiger partial charge on any atom is -0.497 e. The Hall–Kier alpha value is -4.32. The van der Waals surface area contributed by atoms with Crippen molar-refractivity contribution in [3.8, 4) is 22.6 Å². The van der Waals surface area contributed by atoms with Gasteiger partial charge in [0.15, 0.2) is 0 Å². The summed E-state index contributed by atoms with van der Waals surface area (Å²) in [6, 6.07) is 10.5. The van der Waals surface area contributed by atoms with Crippen LogP contribution in [0.3, 0.4) is 0 Å². The smallest absolute Gasteiger partial charge is 0.413 e. The first-order chi connectivity index (χ1) is 19.0. The van der Waals surface area contributed by atoms with Crippen LogP contribution in [0.1, 0.15) is 26.3 Å². The van der Waals surface area contributed by atoms with Crippen LogP contribution < -0.4 is 20.3 Å². The molecule has 4 rings (SSSR count). The second-order valence-electron chi connectivity index (χ2n) is 9.93. The first kappa shape index (κ1) is 28.7. The number of pyridine rings is 2. The molecule has 0 saturated carbocycles. The molecule has 12 heteroatoms. The maximum Gasteiger partial charge on any atom is 0.413 e. The maximum atomic E-state index is 13.9. The monoisotopic (exact) mass is 565 g/mol. The number of fused-ring (bicyclic) bond motifs is 1. The molecule has 210 valence electrons. The molecule has 0 bridgehead atoms. The highest BCUT2D eigenvalue weighted by Gasteiger charge is 2.18. The van der Waals surface area contributed by atoms with Crippen molar-refractivity contribution < 1.29 is 23.2 Å². The highest BCUT2D eigenvalue weighted by Crippen LogP contribution is 2.29. The van der Waals surface area contributed by atoms with E-state index in [0.717, 1.165) is 5.56 Å². The molecule has 4 aromatic rings. The quantitative estimate of drug-likeness (QED) is 0.312. The molecule has 0 saturated heterocycles. The molecule has 1 aromatic carbocycles. The average Bonchev–Trinajstić information content (AvgIpc) is 2.90. The molecular formula is C28H31N5O6S. The average molecular weight is 566 g/mol. The Kier molecular flexibility index (Phi) is 8.48. The van der Waals surface area contributed by atoms with E-state index in [1.165, 1.54) is 25.0 Å². The number of rotatable bonds is 8. The highest BCUT2D eigenvalue weighted by molar-refractivity contribution is 7.84. The summed E-state index contributed by atoms with van der Waals surface area (Å²) in [5.74, 6) is 1.40. The molecule has 0 spiro atoms. The zero-order valence-electron chi connectivity index (χ0n) is 23.2. The van der Waals surface area contributed by atoms with Gasteiger partial charge < -0.3 is 14.2 Å². The highest BCUT2D eigenvalue weighted by atomic mass is 32.2. The van der Waals surface area contributed by atoms with Gasteiger partial charge in [0, 0.05) is 42.2 Å². The lowest BCUT2D eigenvalue weighted by molar-refractivity contribution is 0.0635. The van der Waals surface area contributed by atoms with Gasteiger partial charge in [0.2, 0.25) is 5.16 Å². The minimum absolute atomic E-state index is 0.129. The van der Waals surface area contributed by atoms with Gasteiger partial charge in [-0.1, -0.05) is 0 Å². The summed E-state index contributed by atoms with van der Waals surface area (Å²) >= 11 is 0. The summed E-state index contributed by atoms with van der Waals surface area (Å²) in [7, 11) is 1.64. The molecule has 11 nitrogen and oxygen atoms in total. The van der Waals surface area contributed by atoms with E-state index < -0.39 is 22.5 Å². The lowest BCUT2D eigenvalue weighted by atomic mass is 10.0. The van der Waals surface area contributed by atoms with Crippen LogP contribution in [-0.4, -0.2) is 55.9 Å². The first-order valence-corrected chi connectivity index (χ1v) is 14.0. The standard InChI is InChI=1S/C28H31N5O6S/c1-28(2,3)39-27(35)31-23-11-17(7-9-29-23)8-10-33-24-19(16-30-26(32-24)40(6)36)14-22(25(33)34)18-12-20(37-4)15-21(13-18)38-5/h7,9,11-16H,8,10H2,1-6H3,(H,29,31,35). The molecule has 1 amide bonds. The molecule has 1 N–H and O–H groups in total. The van der Waals surface area contributed by atoms with Crippen molar-refractivity contribution in [2.75, 3.05) is 25.8 Å². The SMILES string of the molecule is COc1cc(OC)cc(-c2cc3cnc(S(C)=O)nc3n(CCc3ccnc(NC(=O)OC(C)(C)C)c3)c2=O)c1. The molecule has 0 fully saturated rings. The van der Waals surface area contributed by atoms with Gasteiger partial charge in [0.25, 0.3) is 5.56 Å². The third-order valence-corrected chi connectivity index (χ3v) is 6.51. The molecule has 1 unspecified atom stereocenters. The fraction of sp³-hybridized carbons (Fsp3) is 0.321. The van der Waals surface area contributed by atoms with Crippen LogP contribution in [0, 0.1) is 0 Å². The number of carbonyl (C=O) groups is 1. The normalized spacial score (nSPS) is 12.2. The molecule has 1 atom stereocenters. The molecule has 0 aliphatic heterocycles. The number of nitrogens with one attached hydrogen (secondary N) is 1. The number of anilines is 1. The lowest BCUT2D eigenvalue weighted by Gasteiger charge is -2.19. The number of methoxy groups -OCH3 is 2. The Bertz CT molecular complexity index is 1620. The topological polar surface area (TPSA) is 135 Å². The van der Waals surface area contributed by atoms with Gasteiger partial charge in [-0.15, -0.1) is 0 Å². The summed E-state index contributed by atoms with van der Waals surface area (Å²) in [4.78, 5) is 38.9. The summed E-state index contributed by atoms with van der Waals surface area (Å²) in [6.07, 6.45) is 4.42. The van der Waals surface area contributed by atoms with Gasteiger partial charge in [0.1, 0.15) is 28.6 Å². The van der Waals surface area contributed by atoms with Crippen molar-refractivity contribution in [3.63, 3.8) is 0 Å². The third-order valence-electron chi connectivity index (χ3n) is 5.80. The van der Waals surface area contributed by atoms with E-state index in [-0.39, 0.29) is 17.3 Å². The Morgan fingerprint density at radius 2 is 1.75 bits per heavy atom. The second kappa shape index (κ2) is 11.8. The van der Waals surface area contributed by atoms with Crippen LogP contribution in [0.4, 0.5) is 10.6 Å². The molecule has 0 radical (unpaired) electrons. The van der Waals surface area contributed by atoms with E-state index in [4.69, 9.17) is 14.2 Å². The van der Waals surface area contributed by atoms with Gasteiger partial charge in [-0.25, -0.2) is 19.7 Å². The third kappa shape index (κ3) is 6.81. The molecular weight excluding hydrogens is 534 g/mol. The fourth-order valence-electron chi connectivity index (χ4n) is 4.01. The zero-order valence-corrected chi connectivity index (χ0v) is 24.0. The lowest BCUT2D eigenvalue weighted by Crippen LogP contribution is -2.27. The van der Waals surface area contributed by atoms with Gasteiger partial charge in [0.05, 0.1) is 25.0 Å². The Balaban J connectivity index is 1.74. The zero-order chi connectivity index (χ0) is 29.0. The number of aryl methyl sites for hydroxylation is 2. The predicted molar refractivity (Wildman–Crippen MR) is 152 cm³/mol. The van der Waals surface area contributed by atoms with E-state index in [1.54, 1.807) is 69.6 Å². The van der Waals surface area contributed by atoms with Crippen LogP contribution >= 0.6 is 0 Å². The van der Waals surface area contributed by atoms with Crippen molar-refractivity contribution in [1.82, 2.24) is 19.5 Å². The van der Waals surface area contributed by atoms with Crippen molar-refractivity contribution >= 4 is 33.7 Å². The van der Waals surface area contributed by atoms with Crippen LogP contribution in [0.5, 0.6) is 11.5 Å². The Labute approximate surface area is 234 Å². The second-order valence-corrected chi connectivity index (χ2v) is 11.2. The van der Waals surface area contributed by atoms with Crippen LogP contribution in [0.25, 0.3) is 22.2 Å².